The van der Waals surface area contributed by atoms with Crippen molar-refractivity contribution in [2.45, 2.75) is 6.43 Å². The first-order valence-corrected chi connectivity index (χ1v) is 4.60. The van der Waals surface area contributed by atoms with Crippen LogP contribution in [0.25, 0.3) is 0 Å². The summed E-state index contributed by atoms with van der Waals surface area (Å²) < 4.78 is 29.8. The van der Waals surface area contributed by atoms with E-state index in [1.165, 1.54) is 7.11 Å². The van der Waals surface area contributed by atoms with E-state index in [1.807, 2.05) is 0 Å². The van der Waals surface area contributed by atoms with Gasteiger partial charge in [0.1, 0.15) is 6.07 Å². The predicted molar refractivity (Wildman–Crippen MR) is 53.2 cm³/mol. The number of methoxy groups -OCH3 is 1. The molecule has 0 unspecified atom stereocenters. The summed E-state index contributed by atoms with van der Waals surface area (Å²) in [6.07, 6.45) is -2.63. The Morgan fingerprint density at radius 1 is 1.64 bits per heavy atom. The van der Waals surface area contributed by atoms with Gasteiger partial charge in [0.05, 0.1) is 10.7 Å². The third kappa shape index (κ3) is 2.09. The molecule has 14 heavy (non-hydrogen) atoms. The van der Waals surface area contributed by atoms with Gasteiger partial charge in [-0.15, -0.1) is 0 Å². The molecule has 0 amide bonds. The largest absolute Gasteiger partial charge is 0.481 e. The van der Waals surface area contributed by atoms with E-state index < -0.39 is 6.43 Å². The summed E-state index contributed by atoms with van der Waals surface area (Å²) in [6, 6.07) is 2.87. The van der Waals surface area contributed by atoms with Gasteiger partial charge in [0, 0.05) is 11.6 Å². The zero-order valence-electron chi connectivity index (χ0n) is 7.09. The van der Waals surface area contributed by atoms with Crippen molar-refractivity contribution in [1.82, 2.24) is 4.98 Å². The van der Waals surface area contributed by atoms with E-state index in [9.17, 15) is 8.78 Å². The van der Waals surface area contributed by atoms with Crippen LogP contribution >= 0.6 is 22.6 Å². The van der Waals surface area contributed by atoms with E-state index in [2.05, 4.69) is 4.98 Å². The molecule has 0 spiro atoms. The molecule has 0 saturated carbocycles. The van der Waals surface area contributed by atoms with Gasteiger partial charge in [0.2, 0.25) is 5.88 Å². The normalized spacial score (nSPS) is 10.0. The van der Waals surface area contributed by atoms with Gasteiger partial charge in [0.25, 0.3) is 6.43 Å². The number of nitriles is 1. The Labute approximate surface area is 92.8 Å². The molecule has 0 aliphatic carbocycles. The van der Waals surface area contributed by atoms with Crippen LogP contribution in [-0.4, -0.2) is 12.1 Å². The van der Waals surface area contributed by atoms with E-state index in [4.69, 9.17) is 10.00 Å². The number of aromatic nitrogens is 1. The first-order valence-electron chi connectivity index (χ1n) is 3.52. The molecule has 1 heterocycles. The molecule has 1 aromatic rings. The van der Waals surface area contributed by atoms with Gasteiger partial charge in [-0.25, -0.2) is 13.8 Å². The first kappa shape index (κ1) is 11.1. The van der Waals surface area contributed by atoms with Gasteiger partial charge in [0.15, 0.2) is 5.69 Å². The highest BCUT2D eigenvalue weighted by Gasteiger charge is 2.17. The highest BCUT2D eigenvalue weighted by molar-refractivity contribution is 14.1. The molecule has 0 aromatic carbocycles. The van der Waals surface area contributed by atoms with Gasteiger partial charge >= 0.3 is 0 Å². The van der Waals surface area contributed by atoms with E-state index >= 15 is 0 Å². The molecule has 3 nitrogen and oxygen atoms in total. The molecule has 0 aliphatic heterocycles. The lowest BCUT2D eigenvalue weighted by molar-refractivity contribution is 0.149. The summed E-state index contributed by atoms with van der Waals surface area (Å²) in [5.41, 5.74) is -0.269. The summed E-state index contributed by atoms with van der Waals surface area (Å²) in [5.74, 6) is 0.0252. The van der Waals surface area contributed by atoms with E-state index in [0.29, 0.717) is 0 Å². The SMILES string of the molecule is COc1cc(C(F)F)c(I)c(C#N)n1. The number of alkyl halides is 2. The second-order valence-corrected chi connectivity index (χ2v) is 3.41. The van der Waals surface area contributed by atoms with Crippen molar-refractivity contribution in [3.63, 3.8) is 0 Å². The molecule has 74 valence electrons. The minimum Gasteiger partial charge on any atom is -0.481 e. The van der Waals surface area contributed by atoms with Crippen LogP contribution in [0.3, 0.4) is 0 Å². The lowest BCUT2D eigenvalue weighted by Gasteiger charge is -2.06. The van der Waals surface area contributed by atoms with Crippen molar-refractivity contribution in [2.24, 2.45) is 0 Å². The van der Waals surface area contributed by atoms with Crippen LogP contribution in [0.2, 0.25) is 0 Å². The Morgan fingerprint density at radius 2 is 2.29 bits per heavy atom. The van der Waals surface area contributed by atoms with Crippen molar-refractivity contribution in [3.8, 4) is 11.9 Å². The van der Waals surface area contributed by atoms with Crippen LogP contribution in [0.4, 0.5) is 8.78 Å². The predicted octanol–water partition coefficient (Wildman–Crippen LogP) is 2.50. The van der Waals surface area contributed by atoms with Crippen LogP contribution in [0.1, 0.15) is 17.7 Å². The number of ether oxygens (including phenoxy) is 1. The van der Waals surface area contributed by atoms with Crippen LogP contribution in [0.5, 0.6) is 5.88 Å². The lowest BCUT2D eigenvalue weighted by Crippen LogP contribution is -1.99. The number of pyridine rings is 1. The van der Waals surface area contributed by atoms with Gasteiger partial charge < -0.3 is 4.74 Å². The molecular formula is C8H5F2IN2O. The quantitative estimate of drug-likeness (QED) is 0.789. The van der Waals surface area contributed by atoms with Crippen molar-refractivity contribution >= 4 is 22.6 Å². The molecular weight excluding hydrogens is 305 g/mol. The topological polar surface area (TPSA) is 45.9 Å². The second kappa shape index (κ2) is 4.50. The van der Waals surface area contributed by atoms with Gasteiger partial charge in [-0.1, -0.05) is 0 Å². The summed E-state index contributed by atoms with van der Waals surface area (Å²) in [4.78, 5) is 3.73. The fourth-order valence-corrected chi connectivity index (χ4v) is 1.49. The second-order valence-electron chi connectivity index (χ2n) is 2.33. The molecule has 1 aromatic heterocycles. The van der Waals surface area contributed by atoms with E-state index in [0.717, 1.165) is 6.07 Å². The van der Waals surface area contributed by atoms with Crippen LogP contribution in [-0.2, 0) is 0 Å². The zero-order valence-corrected chi connectivity index (χ0v) is 9.25. The molecule has 0 N–H and O–H groups in total. The maximum Gasteiger partial charge on any atom is 0.265 e. The lowest BCUT2D eigenvalue weighted by atomic mass is 10.2. The van der Waals surface area contributed by atoms with E-state index in [-0.39, 0.29) is 20.7 Å². The first-order chi connectivity index (χ1) is 6.60. The van der Waals surface area contributed by atoms with Gasteiger partial charge in [-0.05, 0) is 22.6 Å². The third-order valence-electron chi connectivity index (χ3n) is 1.51. The number of rotatable bonds is 2. The minimum absolute atomic E-state index is 0.0252. The van der Waals surface area contributed by atoms with Crippen LogP contribution < -0.4 is 4.74 Å². The third-order valence-corrected chi connectivity index (χ3v) is 2.65. The average Bonchev–Trinajstić information content (AvgIpc) is 2.17. The van der Waals surface area contributed by atoms with Crippen molar-refractivity contribution in [1.29, 1.82) is 5.26 Å². The molecule has 0 aliphatic rings. The smallest absolute Gasteiger partial charge is 0.265 e. The monoisotopic (exact) mass is 310 g/mol. The van der Waals surface area contributed by atoms with Gasteiger partial charge in [-0.2, -0.15) is 5.26 Å². The van der Waals surface area contributed by atoms with Crippen molar-refractivity contribution in [3.05, 3.63) is 20.9 Å². The van der Waals surface area contributed by atoms with Crippen molar-refractivity contribution in [2.75, 3.05) is 7.11 Å². The number of nitrogens with zero attached hydrogens (tertiary/aromatic N) is 2. The Kier molecular flexibility index (Phi) is 3.57. The molecule has 0 saturated heterocycles. The Morgan fingerprint density at radius 3 is 2.71 bits per heavy atom. The minimum atomic E-state index is -2.63. The zero-order chi connectivity index (χ0) is 10.7. The molecule has 1 rings (SSSR count). The summed E-state index contributed by atoms with van der Waals surface area (Å²) in [5, 5.41) is 8.63. The Hall–Kier alpha value is -0.970. The maximum atomic E-state index is 12.5. The number of halogens is 3. The Balaban J connectivity index is 3.36. The van der Waals surface area contributed by atoms with Crippen LogP contribution in [0, 0.1) is 14.9 Å². The highest BCUT2D eigenvalue weighted by Crippen LogP contribution is 2.28. The summed E-state index contributed by atoms with van der Waals surface area (Å²) >= 11 is 1.67. The molecule has 0 atom stereocenters. The highest BCUT2D eigenvalue weighted by atomic mass is 127. The number of hydrogen-bond donors (Lipinski definition) is 0. The standard InChI is InChI=1S/C8H5F2IN2O/c1-14-6-2-4(8(9)10)7(11)5(3-12)13-6/h2,8H,1H3. The molecule has 0 radical (unpaired) electrons. The van der Waals surface area contributed by atoms with Crippen molar-refractivity contribution < 1.29 is 13.5 Å². The summed E-state index contributed by atoms with van der Waals surface area (Å²) in [7, 11) is 1.31. The van der Waals surface area contributed by atoms with E-state index in [1.54, 1.807) is 28.7 Å². The molecule has 0 fully saturated rings. The fourth-order valence-electron chi connectivity index (χ4n) is 0.862. The summed E-state index contributed by atoms with van der Waals surface area (Å²) in [6.45, 7) is 0. The molecule has 0 bridgehead atoms. The van der Waals surface area contributed by atoms with Crippen LogP contribution in [0.15, 0.2) is 6.07 Å². The van der Waals surface area contributed by atoms with Gasteiger partial charge in [-0.3, -0.25) is 0 Å². The molecule has 6 heteroatoms. The Bertz CT molecular complexity index is 390. The maximum absolute atomic E-state index is 12.5. The fraction of sp³-hybridized carbons (Fsp3) is 0.250. The average molecular weight is 310 g/mol. The number of hydrogen-bond acceptors (Lipinski definition) is 3.